The van der Waals surface area contributed by atoms with E-state index in [2.05, 4.69) is 5.32 Å². The van der Waals surface area contributed by atoms with Crippen molar-refractivity contribution in [2.45, 2.75) is 20.3 Å². The zero-order chi connectivity index (χ0) is 22.8. The number of anilines is 2. The zero-order valence-electron chi connectivity index (χ0n) is 17.7. The third kappa shape index (κ3) is 4.74. The molecule has 3 aromatic rings. The molecule has 3 aromatic carbocycles. The van der Waals surface area contributed by atoms with Crippen LogP contribution in [-0.2, 0) is 9.59 Å². The molecule has 164 valence electrons. The number of nitrogens with one attached hydrogen (secondary N) is 1. The molecular formula is C25H22Cl2N2O3. The third-order valence-electron chi connectivity index (χ3n) is 5.60. The summed E-state index contributed by atoms with van der Waals surface area (Å²) in [5.74, 6) is 0.609. The Bertz CT molecular complexity index is 1180. The van der Waals surface area contributed by atoms with E-state index in [-0.39, 0.29) is 24.8 Å². The molecule has 0 aliphatic carbocycles. The molecule has 7 heteroatoms. The first kappa shape index (κ1) is 22.2. The lowest BCUT2D eigenvalue weighted by atomic mass is 10.1. The maximum atomic E-state index is 12.8. The molecule has 0 saturated carbocycles. The van der Waals surface area contributed by atoms with E-state index in [0.717, 1.165) is 16.9 Å². The Labute approximate surface area is 196 Å². The van der Waals surface area contributed by atoms with Gasteiger partial charge < -0.3 is 15.0 Å². The number of carbonyl (C=O) groups is 2. The molecule has 4 rings (SSSR count). The molecule has 0 aromatic heterocycles. The minimum absolute atomic E-state index is 0.114. The molecule has 1 aliphatic rings. The minimum atomic E-state index is -0.483. The van der Waals surface area contributed by atoms with Crippen LogP contribution in [0.4, 0.5) is 11.4 Å². The van der Waals surface area contributed by atoms with Gasteiger partial charge in [-0.2, -0.15) is 0 Å². The molecule has 32 heavy (non-hydrogen) atoms. The van der Waals surface area contributed by atoms with Gasteiger partial charge in [-0.3, -0.25) is 9.59 Å². The number of hydrogen-bond acceptors (Lipinski definition) is 3. The number of nitrogens with zero attached hydrogens (tertiary/aromatic N) is 1. The van der Waals surface area contributed by atoms with E-state index in [1.54, 1.807) is 42.5 Å². The van der Waals surface area contributed by atoms with Gasteiger partial charge in [-0.05, 0) is 73.5 Å². The summed E-state index contributed by atoms with van der Waals surface area (Å²) in [4.78, 5) is 26.8. The zero-order valence-corrected chi connectivity index (χ0v) is 19.2. The molecule has 0 bridgehead atoms. The number of ether oxygens (including phenoxy) is 1. The van der Waals surface area contributed by atoms with E-state index in [0.29, 0.717) is 27.2 Å². The highest BCUT2D eigenvalue weighted by Crippen LogP contribution is 2.34. The van der Waals surface area contributed by atoms with Crippen LogP contribution < -0.4 is 15.0 Å². The normalized spacial score (nSPS) is 15.7. The van der Waals surface area contributed by atoms with E-state index >= 15 is 0 Å². The first-order chi connectivity index (χ1) is 15.3. The first-order valence-corrected chi connectivity index (χ1v) is 11.0. The van der Waals surface area contributed by atoms with Crippen molar-refractivity contribution in [2.75, 3.05) is 16.8 Å². The van der Waals surface area contributed by atoms with Crippen LogP contribution in [0.2, 0.25) is 10.0 Å². The van der Waals surface area contributed by atoms with Crippen molar-refractivity contribution in [1.29, 1.82) is 0 Å². The van der Waals surface area contributed by atoms with Crippen LogP contribution in [0, 0.1) is 19.8 Å². The van der Waals surface area contributed by atoms with Crippen molar-refractivity contribution in [1.82, 2.24) is 0 Å². The van der Waals surface area contributed by atoms with Crippen LogP contribution >= 0.6 is 23.2 Å². The Morgan fingerprint density at radius 3 is 2.56 bits per heavy atom. The summed E-state index contributed by atoms with van der Waals surface area (Å²) in [5, 5.41) is 3.78. The van der Waals surface area contributed by atoms with E-state index in [9.17, 15) is 9.59 Å². The molecule has 1 atom stereocenters. The van der Waals surface area contributed by atoms with E-state index in [1.165, 1.54) is 4.90 Å². The maximum Gasteiger partial charge on any atom is 0.229 e. The van der Waals surface area contributed by atoms with Crippen molar-refractivity contribution in [3.63, 3.8) is 0 Å². The predicted molar refractivity (Wildman–Crippen MR) is 128 cm³/mol. The molecule has 1 N–H and O–H groups in total. The first-order valence-electron chi connectivity index (χ1n) is 10.2. The van der Waals surface area contributed by atoms with Gasteiger partial charge in [0.2, 0.25) is 11.8 Å². The smallest absolute Gasteiger partial charge is 0.229 e. The van der Waals surface area contributed by atoms with Gasteiger partial charge in [0.25, 0.3) is 0 Å². The number of halogens is 2. The highest BCUT2D eigenvalue weighted by atomic mass is 35.5. The Hall–Kier alpha value is -3.02. The minimum Gasteiger partial charge on any atom is -0.457 e. The average Bonchev–Trinajstić information content (AvgIpc) is 3.16. The van der Waals surface area contributed by atoms with Crippen LogP contribution in [0.3, 0.4) is 0 Å². The Balaban J connectivity index is 1.40. The van der Waals surface area contributed by atoms with Gasteiger partial charge in [-0.15, -0.1) is 0 Å². The van der Waals surface area contributed by atoms with Crippen LogP contribution in [0.1, 0.15) is 17.5 Å². The number of hydrogen-bond donors (Lipinski definition) is 1. The maximum absolute atomic E-state index is 12.8. The topological polar surface area (TPSA) is 58.6 Å². The quantitative estimate of drug-likeness (QED) is 0.471. The fraction of sp³-hybridized carbons (Fsp3) is 0.200. The molecule has 1 heterocycles. The second-order valence-electron chi connectivity index (χ2n) is 7.81. The fourth-order valence-corrected chi connectivity index (χ4v) is 4.01. The lowest BCUT2D eigenvalue weighted by Gasteiger charge is -2.18. The molecule has 1 aliphatic heterocycles. The van der Waals surface area contributed by atoms with Crippen LogP contribution in [0.5, 0.6) is 11.5 Å². The molecular weight excluding hydrogens is 447 g/mol. The molecule has 0 radical (unpaired) electrons. The van der Waals surface area contributed by atoms with Gasteiger partial charge in [0.1, 0.15) is 11.5 Å². The van der Waals surface area contributed by atoms with Crippen molar-refractivity contribution < 1.29 is 14.3 Å². The molecule has 1 fully saturated rings. The van der Waals surface area contributed by atoms with Gasteiger partial charge in [0.05, 0.1) is 16.6 Å². The number of carbonyl (C=O) groups excluding carboxylic acids is 2. The van der Waals surface area contributed by atoms with Crippen molar-refractivity contribution in [3.8, 4) is 11.5 Å². The van der Waals surface area contributed by atoms with Gasteiger partial charge in [-0.25, -0.2) is 0 Å². The lowest BCUT2D eigenvalue weighted by molar-refractivity contribution is -0.122. The fourth-order valence-electron chi connectivity index (χ4n) is 3.62. The van der Waals surface area contributed by atoms with Gasteiger partial charge in [-0.1, -0.05) is 35.3 Å². The number of rotatable bonds is 5. The summed E-state index contributed by atoms with van der Waals surface area (Å²) in [6.45, 7) is 4.30. The van der Waals surface area contributed by atoms with Crippen molar-refractivity contribution in [2.24, 2.45) is 5.92 Å². The summed E-state index contributed by atoms with van der Waals surface area (Å²) in [6.07, 6.45) is 0.114. The number of aryl methyl sites for hydroxylation is 1. The summed E-state index contributed by atoms with van der Waals surface area (Å²) in [5.41, 5.74) is 3.40. The summed E-state index contributed by atoms with van der Waals surface area (Å²) in [6, 6.07) is 18.0. The van der Waals surface area contributed by atoms with Gasteiger partial charge >= 0.3 is 0 Å². The molecule has 2 amide bonds. The van der Waals surface area contributed by atoms with E-state index < -0.39 is 5.92 Å². The number of amides is 2. The molecule has 5 nitrogen and oxygen atoms in total. The van der Waals surface area contributed by atoms with Crippen molar-refractivity contribution >= 4 is 46.4 Å². The van der Waals surface area contributed by atoms with Gasteiger partial charge in [0, 0.05) is 23.7 Å². The van der Waals surface area contributed by atoms with Gasteiger partial charge in [0.15, 0.2) is 0 Å². The van der Waals surface area contributed by atoms with Crippen LogP contribution in [0.15, 0.2) is 60.7 Å². The van der Waals surface area contributed by atoms with Crippen LogP contribution in [0.25, 0.3) is 0 Å². The lowest BCUT2D eigenvalue weighted by Crippen LogP contribution is -2.28. The SMILES string of the molecule is Cc1cccc(Oc2ccc(NC(=O)[C@H]3CC(=O)N(c4cc(Cl)ccc4Cl)C3)cc2)c1C. The largest absolute Gasteiger partial charge is 0.457 e. The van der Waals surface area contributed by atoms with Crippen LogP contribution in [-0.4, -0.2) is 18.4 Å². The Morgan fingerprint density at radius 1 is 1.06 bits per heavy atom. The highest BCUT2D eigenvalue weighted by molar-refractivity contribution is 6.36. The molecule has 0 spiro atoms. The summed E-state index contributed by atoms with van der Waals surface area (Å²) >= 11 is 12.3. The highest BCUT2D eigenvalue weighted by Gasteiger charge is 2.36. The van der Waals surface area contributed by atoms with E-state index in [4.69, 9.17) is 27.9 Å². The Kier molecular flexibility index (Phi) is 6.40. The third-order valence-corrected chi connectivity index (χ3v) is 6.15. The Morgan fingerprint density at radius 2 is 1.81 bits per heavy atom. The molecule has 1 saturated heterocycles. The summed E-state index contributed by atoms with van der Waals surface area (Å²) in [7, 11) is 0. The van der Waals surface area contributed by atoms with Crippen molar-refractivity contribution in [3.05, 3.63) is 81.8 Å². The second-order valence-corrected chi connectivity index (χ2v) is 8.66. The number of benzene rings is 3. The summed E-state index contributed by atoms with van der Waals surface area (Å²) < 4.78 is 5.96. The predicted octanol–water partition coefficient (Wildman–Crippen LogP) is 6.39. The standard InChI is InChI=1S/C25H22Cl2N2O3/c1-15-4-3-5-23(16(15)2)32-20-9-7-19(8-10-20)28-25(31)17-12-24(30)29(14-17)22-13-18(26)6-11-21(22)27/h3-11,13,17H,12,14H2,1-2H3,(H,28,31)/t17-/m0/s1. The second kappa shape index (κ2) is 9.23. The average molecular weight is 469 g/mol. The van der Waals surface area contributed by atoms with E-state index in [1.807, 2.05) is 32.0 Å². The molecule has 0 unspecified atom stereocenters. The monoisotopic (exact) mass is 468 g/mol.